The first-order valence-electron chi connectivity index (χ1n) is 5.64. The van der Waals surface area contributed by atoms with Crippen molar-refractivity contribution >= 4 is 28.9 Å². The summed E-state index contributed by atoms with van der Waals surface area (Å²) >= 11 is 5.69. The van der Waals surface area contributed by atoms with Gasteiger partial charge in [-0.25, -0.2) is 0 Å². The van der Waals surface area contributed by atoms with Gasteiger partial charge in [-0.2, -0.15) is 0 Å². The molecule has 0 heterocycles. The Morgan fingerprint density at radius 1 is 1.58 bits per heavy atom. The molecule has 1 atom stereocenters. The highest BCUT2D eigenvalue weighted by Crippen LogP contribution is 2.28. The molecule has 7 heteroatoms. The SMILES string of the molecule is CCC(C)(OC)C(=O)Nc1ccc(Cl)c([N+](=O)[O-])c1. The maximum atomic E-state index is 12.0. The standard InChI is InChI=1S/C12H15ClN2O4/c1-4-12(2,19-3)11(16)14-8-5-6-9(13)10(7-8)15(17)18/h5-7H,4H2,1-3H3,(H,14,16). The van der Waals surface area contributed by atoms with E-state index in [2.05, 4.69) is 5.32 Å². The molecule has 0 bridgehead atoms. The molecule has 104 valence electrons. The number of methoxy groups -OCH3 is 1. The molecule has 6 nitrogen and oxygen atoms in total. The van der Waals surface area contributed by atoms with Crippen LogP contribution in [0, 0.1) is 10.1 Å². The summed E-state index contributed by atoms with van der Waals surface area (Å²) in [4.78, 5) is 22.2. The average Bonchev–Trinajstić information content (AvgIpc) is 2.39. The molecule has 1 aromatic rings. The number of hydrogen-bond donors (Lipinski definition) is 1. The molecule has 0 aliphatic heterocycles. The van der Waals surface area contributed by atoms with Crippen LogP contribution in [0.15, 0.2) is 18.2 Å². The number of amides is 1. The molecule has 1 amide bonds. The molecule has 1 unspecified atom stereocenters. The third-order valence-corrected chi connectivity index (χ3v) is 3.33. The van der Waals surface area contributed by atoms with Crippen molar-refractivity contribution in [3.8, 4) is 0 Å². The van der Waals surface area contributed by atoms with Crippen LogP contribution in [0.2, 0.25) is 5.02 Å². The number of benzene rings is 1. The van der Waals surface area contributed by atoms with Crippen LogP contribution in [0.25, 0.3) is 0 Å². The molecule has 19 heavy (non-hydrogen) atoms. The second-order valence-electron chi connectivity index (χ2n) is 4.17. The van der Waals surface area contributed by atoms with Gasteiger partial charge in [0, 0.05) is 18.9 Å². The van der Waals surface area contributed by atoms with E-state index in [-0.39, 0.29) is 16.6 Å². The maximum Gasteiger partial charge on any atom is 0.289 e. The lowest BCUT2D eigenvalue weighted by Crippen LogP contribution is -2.41. The van der Waals surface area contributed by atoms with E-state index in [1.54, 1.807) is 6.92 Å². The summed E-state index contributed by atoms with van der Waals surface area (Å²) in [7, 11) is 1.44. The van der Waals surface area contributed by atoms with Crippen LogP contribution in [-0.4, -0.2) is 23.5 Å². The number of hydrogen-bond acceptors (Lipinski definition) is 4. The molecule has 0 aromatic heterocycles. The van der Waals surface area contributed by atoms with E-state index in [9.17, 15) is 14.9 Å². The molecule has 0 fully saturated rings. The Balaban J connectivity index is 2.98. The lowest BCUT2D eigenvalue weighted by Gasteiger charge is -2.25. The number of carbonyl (C=O) groups is 1. The molecule has 0 aliphatic carbocycles. The summed E-state index contributed by atoms with van der Waals surface area (Å²) < 4.78 is 5.15. The number of nitrogens with one attached hydrogen (secondary N) is 1. The molecular weight excluding hydrogens is 272 g/mol. The predicted octanol–water partition coefficient (Wildman–Crippen LogP) is 3.00. The van der Waals surface area contributed by atoms with Crippen LogP contribution < -0.4 is 5.32 Å². The zero-order valence-corrected chi connectivity index (χ0v) is 11.7. The molecule has 0 saturated carbocycles. The number of anilines is 1. The zero-order valence-electron chi connectivity index (χ0n) is 10.9. The maximum absolute atomic E-state index is 12.0. The van der Waals surface area contributed by atoms with Crippen molar-refractivity contribution in [2.45, 2.75) is 25.9 Å². The fourth-order valence-electron chi connectivity index (χ4n) is 1.39. The van der Waals surface area contributed by atoms with Crippen molar-refractivity contribution in [3.05, 3.63) is 33.3 Å². The highest BCUT2D eigenvalue weighted by Gasteiger charge is 2.31. The Labute approximate surface area is 115 Å². The summed E-state index contributed by atoms with van der Waals surface area (Å²) in [5.41, 5.74) is -0.929. The lowest BCUT2D eigenvalue weighted by molar-refractivity contribution is -0.384. The van der Waals surface area contributed by atoms with Crippen LogP contribution in [0.4, 0.5) is 11.4 Å². The molecule has 0 spiro atoms. The molecule has 0 radical (unpaired) electrons. The van der Waals surface area contributed by atoms with E-state index in [1.165, 1.54) is 25.3 Å². The minimum Gasteiger partial charge on any atom is -0.369 e. The van der Waals surface area contributed by atoms with Crippen molar-refractivity contribution in [2.24, 2.45) is 0 Å². The van der Waals surface area contributed by atoms with Gasteiger partial charge in [-0.1, -0.05) is 18.5 Å². The van der Waals surface area contributed by atoms with Gasteiger partial charge in [0.05, 0.1) is 4.92 Å². The molecular formula is C12H15ClN2O4. The zero-order chi connectivity index (χ0) is 14.6. The van der Waals surface area contributed by atoms with Crippen LogP contribution in [0.5, 0.6) is 0 Å². The monoisotopic (exact) mass is 286 g/mol. The highest BCUT2D eigenvalue weighted by molar-refractivity contribution is 6.32. The third-order valence-electron chi connectivity index (χ3n) is 3.01. The number of nitro groups is 1. The fraction of sp³-hybridized carbons (Fsp3) is 0.417. The first-order valence-corrected chi connectivity index (χ1v) is 6.02. The third kappa shape index (κ3) is 3.42. The number of nitrogens with zero attached hydrogens (tertiary/aromatic N) is 1. The predicted molar refractivity (Wildman–Crippen MR) is 72.4 cm³/mol. The van der Waals surface area contributed by atoms with Crippen LogP contribution in [-0.2, 0) is 9.53 Å². The summed E-state index contributed by atoms with van der Waals surface area (Å²) in [6.45, 7) is 3.46. The Hall–Kier alpha value is -1.66. The summed E-state index contributed by atoms with van der Waals surface area (Å²) in [6.07, 6.45) is 0.477. The number of carbonyl (C=O) groups excluding carboxylic acids is 1. The normalized spacial score (nSPS) is 13.7. The molecule has 1 N–H and O–H groups in total. The minimum atomic E-state index is -0.978. The molecule has 0 aliphatic rings. The van der Waals surface area contributed by atoms with Gasteiger partial charge < -0.3 is 10.1 Å². The number of nitro benzene ring substituents is 1. The first kappa shape index (κ1) is 15.4. The van der Waals surface area contributed by atoms with Crippen LogP contribution in [0.1, 0.15) is 20.3 Å². The van der Waals surface area contributed by atoms with Crippen molar-refractivity contribution < 1.29 is 14.5 Å². The largest absolute Gasteiger partial charge is 0.369 e. The molecule has 1 aromatic carbocycles. The van der Waals surface area contributed by atoms with Crippen molar-refractivity contribution in [2.75, 3.05) is 12.4 Å². The molecule has 1 rings (SSSR count). The van der Waals surface area contributed by atoms with Gasteiger partial charge in [-0.15, -0.1) is 0 Å². The Morgan fingerprint density at radius 3 is 2.68 bits per heavy atom. The summed E-state index contributed by atoms with van der Waals surface area (Å²) in [6, 6.07) is 4.08. The Kier molecular flexibility index (Phi) is 4.85. The van der Waals surface area contributed by atoms with Gasteiger partial charge in [0.1, 0.15) is 10.6 Å². The average molecular weight is 287 g/mol. The van der Waals surface area contributed by atoms with Crippen LogP contribution >= 0.6 is 11.6 Å². The van der Waals surface area contributed by atoms with Gasteiger partial charge >= 0.3 is 0 Å². The van der Waals surface area contributed by atoms with E-state index in [1.807, 2.05) is 6.92 Å². The Bertz CT molecular complexity index is 501. The quantitative estimate of drug-likeness (QED) is 0.666. The second kappa shape index (κ2) is 5.99. The van der Waals surface area contributed by atoms with E-state index in [0.29, 0.717) is 12.1 Å². The first-order chi connectivity index (χ1) is 8.84. The highest BCUT2D eigenvalue weighted by atomic mass is 35.5. The summed E-state index contributed by atoms with van der Waals surface area (Å²) in [5.74, 6) is -0.367. The van der Waals surface area contributed by atoms with Crippen LogP contribution in [0.3, 0.4) is 0 Å². The van der Waals surface area contributed by atoms with Crippen molar-refractivity contribution in [3.63, 3.8) is 0 Å². The number of ether oxygens (including phenoxy) is 1. The van der Waals surface area contributed by atoms with Gasteiger partial charge in [0.25, 0.3) is 11.6 Å². The van der Waals surface area contributed by atoms with Gasteiger partial charge in [0.2, 0.25) is 0 Å². The van der Waals surface area contributed by atoms with Gasteiger partial charge in [-0.3, -0.25) is 14.9 Å². The Morgan fingerprint density at radius 2 is 2.21 bits per heavy atom. The van der Waals surface area contributed by atoms with Crippen molar-refractivity contribution in [1.29, 1.82) is 0 Å². The molecule has 0 saturated heterocycles. The van der Waals surface area contributed by atoms with E-state index >= 15 is 0 Å². The summed E-state index contributed by atoms with van der Waals surface area (Å²) in [5, 5.41) is 13.4. The fourth-order valence-corrected chi connectivity index (χ4v) is 1.58. The van der Waals surface area contributed by atoms with Crippen molar-refractivity contribution in [1.82, 2.24) is 0 Å². The smallest absolute Gasteiger partial charge is 0.289 e. The van der Waals surface area contributed by atoms with E-state index in [4.69, 9.17) is 16.3 Å². The van der Waals surface area contributed by atoms with E-state index < -0.39 is 10.5 Å². The lowest BCUT2D eigenvalue weighted by atomic mass is 10.0. The number of halogens is 1. The minimum absolute atomic E-state index is 0.0213. The topological polar surface area (TPSA) is 81.5 Å². The van der Waals surface area contributed by atoms with E-state index in [0.717, 1.165) is 0 Å². The number of rotatable bonds is 5. The van der Waals surface area contributed by atoms with Gasteiger partial charge in [0.15, 0.2) is 0 Å². The second-order valence-corrected chi connectivity index (χ2v) is 4.57. The van der Waals surface area contributed by atoms with Gasteiger partial charge in [-0.05, 0) is 25.5 Å².